The third-order valence-corrected chi connectivity index (χ3v) is 5.39. The van der Waals surface area contributed by atoms with Crippen molar-refractivity contribution in [3.05, 3.63) is 29.8 Å². The first-order chi connectivity index (χ1) is 13.7. The van der Waals surface area contributed by atoms with Crippen LogP contribution in [0.2, 0.25) is 0 Å². The third kappa shape index (κ3) is 8.00. The number of guanidine groups is 1. The van der Waals surface area contributed by atoms with Gasteiger partial charge >= 0.3 is 0 Å². The Morgan fingerprint density at radius 2 is 1.93 bits per heavy atom. The summed E-state index contributed by atoms with van der Waals surface area (Å²) >= 11 is 0. The minimum Gasteiger partial charge on any atom is -0.493 e. The standard InChI is InChI=1S/C21H33N5O2.HI/c1-22-20(27)14-26-11-9-18(10-12-26)25-21(23-2)24-13-17-5-3-4-6-19(17)28-15-16-7-8-16;/h3-6,16,18H,7-15H2,1-2H3,(H,22,27)(H2,23,24,25);1H. The molecule has 0 unspecified atom stereocenters. The van der Waals surface area contributed by atoms with Gasteiger partial charge in [-0.05, 0) is 37.7 Å². The second kappa shape index (κ2) is 12.2. The number of ether oxygens (including phenoxy) is 1. The summed E-state index contributed by atoms with van der Waals surface area (Å²) in [5, 5.41) is 9.61. The van der Waals surface area contributed by atoms with Crippen LogP contribution in [0, 0.1) is 5.92 Å². The van der Waals surface area contributed by atoms with Gasteiger partial charge in [-0.3, -0.25) is 14.7 Å². The number of piperidine rings is 1. The highest BCUT2D eigenvalue weighted by molar-refractivity contribution is 14.0. The average Bonchev–Trinajstić information content (AvgIpc) is 3.56. The van der Waals surface area contributed by atoms with Crippen molar-refractivity contribution < 1.29 is 9.53 Å². The van der Waals surface area contributed by atoms with Gasteiger partial charge in [-0.25, -0.2) is 0 Å². The molecule has 0 spiro atoms. The number of para-hydroxylation sites is 1. The summed E-state index contributed by atoms with van der Waals surface area (Å²) < 4.78 is 5.99. The molecule has 1 heterocycles. The molecule has 0 radical (unpaired) electrons. The smallest absolute Gasteiger partial charge is 0.233 e. The predicted octanol–water partition coefficient (Wildman–Crippen LogP) is 1.97. The molecule has 1 saturated heterocycles. The first-order valence-corrected chi connectivity index (χ1v) is 10.3. The second-order valence-corrected chi connectivity index (χ2v) is 7.66. The summed E-state index contributed by atoms with van der Waals surface area (Å²) in [6, 6.07) is 8.57. The van der Waals surface area contributed by atoms with E-state index in [1.54, 1.807) is 14.1 Å². The van der Waals surface area contributed by atoms with Crippen molar-refractivity contribution >= 4 is 35.8 Å². The first-order valence-electron chi connectivity index (χ1n) is 10.3. The van der Waals surface area contributed by atoms with E-state index >= 15 is 0 Å². The Balaban J connectivity index is 0.00000300. The van der Waals surface area contributed by atoms with E-state index in [9.17, 15) is 4.79 Å². The van der Waals surface area contributed by atoms with Crippen molar-refractivity contribution in [2.24, 2.45) is 10.9 Å². The molecule has 7 nitrogen and oxygen atoms in total. The molecule has 0 aromatic heterocycles. The van der Waals surface area contributed by atoms with Gasteiger partial charge in [0.15, 0.2) is 5.96 Å². The molecular formula is C21H34IN5O2. The number of amides is 1. The van der Waals surface area contributed by atoms with Crippen LogP contribution in [0.3, 0.4) is 0 Å². The number of likely N-dealkylation sites (N-methyl/N-ethyl adjacent to an activating group) is 1. The minimum absolute atomic E-state index is 0. The van der Waals surface area contributed by atoms with Gasteiger partial charge in [0.25, 0.3) is 0 Å². The number of hydrogen-bond donors (Lipinski definition) is 3. The molecule has 8 heteroatoms. The SMILES string of the molecule is CN=C(NCc1ccccc1OCC1CC1)NC1CCN(CC(=O)NC)CC1.I. The Hall–Kier alpha value is -1.55. The third-order valence-electron chi connectivity index (χ3n) is 5.39. The maximum atomic E-state index is 11.5. The zero-order valence-electron chi connectivity index (χ0n) is 17.4. The van der Waals surface area contributed by atoms with Gasteiger partial charge in [-0.2, -0.15) is 0 Å². The van der Waals surface area contributed by atoms with Gasteiger partial charge in [0, 0.05) is 45.3 Å². The lowest BCUT2D eigenvalue weighted by molar-refractivity contribution is -0.122. The largest absolute Gasteiger partial charge is 0.493 e. The van der Waals surface area contributed by atoms with Crippen molar-refractivity contribution in [2.75, 3.05) is 40.3 Å². The lowest BCUT2D eigenvalue weighted by atomic mass is 10.1. The lowest BCUT2D eigenvalue weighted by Crippen LogP contribution is -2.49. The first kappa shape index (κ1) is 23.7. The van der Waals surface area contributed by atoms with Gasteiger partial charge in [0.1, 0.15) is 5.75 Å². The highest BCUT2D eigenvalue weighted by Crippen LogP contribution is 2.30. The zero-order chi connectivity index (χ0) is 19.8. The van der Waals surface area contributed by atoms with E-state index in [1.165, 1.54) is 12.8 Å². The number of carbonyl (C=O) groups excluding carboxylic acids is 1. The fraction of sp³-hybridized carbons (Fsp3) is 0.619. The Morgan fingerprint density at radius 3 is 2.59 bits per heavy atom. The van der Waals surface area contributed by atoms with Crippen LogP contribution in [-0.4, -0.2) is 63.1 Å². The van der Waals surface area contributed by atoms with Gasteiger partial charge < -0.3 is 20.7 Å². The Morgan fingerprint density at radius 1 is 1.21 bits per heavy atom. The fourth-order valence-electron chi connectivity index (χ4n) is 3.37. The van der Waals surface area contributed by atoms with E-state index in [2.05, 4.69) is 31.9 Å². The maximum Gasteiger partial charge on any atom is 0.233 e. The minimum atomic E-state index is 0. The van der Waals surface area contributed by atoms with E-state index < -0.39 is 0 Å². The monoisotopic (exact) mass is 515 g/mol. The van der Waals surface area contributed by atoms with Crippen LogP contribution >= 0.6 is 24.0 Å². The Bertz CT molecular complexity index is 673. The number of nitrogens with one attached hydrogen (secondary N) is 3. The molecule has 3 rings (SSSR count). The molecule has 1 saturated carbocycles. The van der Waals surface area contributed by atoms with E-state index in [0.717, 1.165) is 55.7 Å². The van der Waals surface area contributed by atoms with Gasteiger partial charge in [-0.15, -0.1) is 24.0 Å². The van der Waals surface area contributed by atoms with Crippen molar-refractivity contribution in [3.8, 4) is 5.75 Å². The molecule has 0 atom stereocenters. The lowest BCUT2D eigenvalue weighted by Gasteiger charge is -2.32. The fourth-order valence-corrected chi connectivity index (χ4v) is 3.37. The van der Waals surface area contributed by atoms with Crippen molar-refractivity contribution in [1.29, 1.82) is 0 Å². The molecule has 1 aliphatic heterocycles. The van der Waals surface area contributed by atoms with Gasteiger partial charge in [0.05, 0.1) is 13.2 Å². The predicted molar refractivity (Wildman–Crippen MR) is 127 cm³/mol. The maximum absolute atomic E-state index is 11.5. The summed E-state index contributed by atoms with van der Waals surface area (Å²) in [5.74, 6) is 2.58. The van der Waals surface area contributed by atoms with E-state index in [4.69, 9.17) is 4.74 Å². The van der Waals surface area contributed by atoms with Gasteiger partial charge in [0.2, 0.25) is 5.91 Å². The molecule has 2 aliphatic rings. The van der Waals surface area contributed by atoms with Crippen LogP contribution in [0.25, 0.3) is 0 Å². The molecular weight excluding hydrogens is 481 g/mol. The van der Waals surface area contributed by atoms with Crippen LogP contribution in [0.1, 0.15) is 31.2 Å². The number of rotatable bonds is 8. The molecule has 1 aromatic carbocycles. The molecule has 0 bridgehead atoms. The Labute approximate surface area is 191 Å². The number of halogens is 1. The Kier molecular flexibility index (Phi) is 9.99. The molecule has 3 N–H and O–H groups in total. The topological polar surface area (TPSA) is 78.0 Å². The van der Waals surface area contributed by atoms with Crippen molar-refractivity contribution in [2.45, 2.75) is 38.3 Å². The number of nitrogens with zero attached hydrogens (tertiary/aromatic N) is 2. The number of carbonyl (C=O) groups is 1. The van der Waals surface area contributed by atoms with Crippen LogP contribution in [0.5, 0.6) is 5.75 Å². The number of aliphatic imine (C=N–C) groups is 1. The van der Waals surface area contributed by atoms with Crippen LogP contribution < -0.4 is 20.7 Å². The quantitative estimate of drug-likeness (QED) is 0.281. The summed E-state index contributed by atoms with van der Waals surface area (Å²) in [4.78, 5) is 18.1. The summed E-state index contributed by atoms with van der Waals surface area (Å²) in [5.41, 5.74) is 1.14. The van der Waals surface area contributed by atoms with Crippen LogP contribution in [0.4, 0.5) is 0 Å². The number of likely N-dealkylation sites (tertiary alicyclic amines) is 1. The van der Waals surface area contributed by atoms with E-state index in [-0.39, 0.29) is 29.9 Å². The molecule has 1 aromatic rings. The molecule has 2 fully saturated rings. The normalized spacial score (nSPS) is 17.9. The van der Waals surface area contributed by atoms with E-state index in [1.807, 2.05) is 18.2 Å². The average molecular weight is 515 g/mol. The molecule has 1 amide bonds. The molecule has 162 valence electrons. The van der Waals surface area contributed by atoms with Crippen molar-refractivity contribution in [1.82, 2.24) is 20.9 Å². The second-order valence-electron chi connectivity index (χ2n) is 7.66. The molecule has 1 aliphatic carbocycles. The summed E-state index contributed by atoms with van der Waals surface area (Å²) in [7, 11) is 3.48. The van der Waals surface area contributed by atoms with Crippen LogP contribution in [-0.2, 0) is 11.3 Å². The van der Waals surface area contributed by atoms with Crippen LogP contribution in [0.15, 0.2) is 29.3 Å². The number of benzene rings is 1. The highest BCUT2D eigenvalue weighted by Gasteiger charge is 2.23. The van der Waals surface area contributed by atoms with E-state index in [0.29, 0.717) is 19.1 Å². The highest BCUT2D eigenvalue weighted by atomic mass is 127. The van der Waals surface area contributed by atoms with Crippen molar-refractivity contribution in [3.63, 3.8) is 0 Å². The summed E-state index contributed by atoms with van der Waals surface area (Å²) in [6.45, 7) is 3.81. The number of hydrogen-bond acceptors (Lipinski definition) is 4. The summed E-state index contributed by atoms with van der Waals surface area (Å²) in [6.07, 6.45) is 4.58. The zero-order valence-corrected chi connectivity index (χ0v) is 19.8. The van der Waals surface area contributed by atoms with Gasteiger partial charge in [-0.1, -0.05) is 18.2 Å². The molecule has 29 heavy (non-hydrogen) atoms.